The number of benzene rings is 1. The zero-order valence-electron chi connectivity index (χ0n) is 13.9. The Kier molecular flexibility index (Phi) is 5.40. The normalized spacial score (nSPS) is 16.1. The highest BCUT2D eigenvalue weighted by molar-refractivity contribution is 8.00. The van der Waals surface area contributed by atoms with Gasteiger partial charge in [-0.05, 0) is 31.9 Å². The van der Waals surface area contributed by atoms with Crippen LogP contribution in [0.15, 0.2) is 35.7 Å². The molecule has 7 heteroatoms. The minimum absolute atomic E-state index is 0.0621. The van der Waals surface area contributed by atoms with Gasteiger partial charge in [0.2, 0.25) is 5.91 Å². The predicted octanol–water partition coefficient (Wildman–Crippen LogP) is 2.82. The van der Waals surface area contributed by atoms with Crippen LogP contribution in [-0.4, -0.2) is 39.1 Å². The minimum Gasteiger partial charge on any atom is -0.497 e. The van der Waals surface area contributed by atoms with E-state index in [4.69, 9.17) is 4.74 Å². The summed E-state index contributed by atoms with van der Waals surface area (Å²) in [6.45, 7) is 1.90. The van der Waals surface area contributed by atoms with Crippen LogP contribution in [0.4, 0.5) is 0 Å². The third kappa shape index (κ3) is 3.90. The SMILES string of the molecule is COc1cccc(-n2cnnc2S[C@@H](C)C(=O)NC2CCCC2)c1. The van der Waals surface area contributed by atoms with Crippen molar-refractivity contribution in [2.75, 3.05) is 7.11 Å². The van der Waals surface area contributed by atoms with E-state index in [1.807, 2.05) is 35.8 Å². The lowest BCUT2D eigenvalue weighted by atomic mass is 10.2. The highest BCUT2D eigenvalue weighted by Crippen LogP contribution is 2.26. The van der Waals surface area contributed by atoms with E-state index in [2.05, 4.69) is 15.5 Å². The molecule has 128 valence electrons. The molecule has 0 spiro atoms. The van der Waals surface area contributed by atoms with Crippen LogP contribution in [0.3, 0.4) is 0 Å². The Bertz CT molecular complexity index is 697. The van der Waals surface area contributed by atoms with Crippen molar-refractivity contribution in [1.82, 2.24) is 20.1 Å². The smallest absolute Gasteiger partial charge is 0.233 e. The van der Waals surface area contributed by atoms with E-state index in [1.165, 1.54) is 24.6 Å². The van der Waals surface area contributed by atoms with Crippen molar-refractivity contribution in [2.45, 2.75) is 49.1 Å². The van der Waals surface area contributed by atoms with Crippen LogP contribution in [0, 0.1) is 0 Å². The van der Waals surface area contributed by atoms with Crippen molar-refractivity contribution in [3.8, 4) is 11.4 Å². The van der Waals surface area contributed by atoms with Crippen molar-refractivity contribution in [1.29, 1.82) is 0 Å². The van der Waals surface area contributed by atoms with Crippen molar-refractivity contribution < 1.29 is 9.53 Å². The number of aromatic nitrogens is 3. The summed E-state index contributed by atoms with van der Waals surface area (Å²) in [6, 6.07) is 8.00. The molecule has 0 bridgehead atoms. The first-order chi connectivity index (χ1) is 11.7. The highest BCUT2D eigenvalue weighted by Gasteiger charge is 2.23. The van der Waals surface area contributed by atoms with Gasteiger partial charge in [-0.15, -0.1) is 10.2 Å². The van der Waals surface area contributed by atoms with Crippen molar-refractivity contribution in [3.05, 3.63) is 30.6 Å². The number of methoxy groups -OCH3 is 1. The summed E-state index contributed by atoms with van der Waals surface area (Å²) in [7, 11) is 1.64. The van der Waals surface area contributed by atoms with E-state index in [9.17, 15) is 4.79 Å². The number of hydrogen-bond acceptors (Lipinski definition) is 5. The van der Waals surface area contributed by atoms with Gasteiger partial charge in [0.1, 0.15) is 12.1 Å². The first-order valence-electron chi connectivity index (χ1n) is 8.19. The maximum atomic E-state index is 12.4. The predicted molar refractivity (Wildman–Crippen MR) is 93.6 cm³/mol. The van der Waals surface area contributed by atoms with Crippen LogP contribution in [0.25, 0.3) is 5.69 Å². The molecule has 0 saturated heterocycles. The first-order valence-corrected chi connectivity index (χ1v) is 9.07. The van der Waals surface area contributed by atoms with Gasteiger partial charge in [0.15, 0.2) is 5.16 Å². The lowest BCUT2D eigenvalue weighted by molar-refractivity contribution is -0.120. The molecule has 1 aliphatic rings. The Morgan fingerprint density at radius 1 is 1.42 bits per heavy atom. The number of ether oxygens (including phenoxy) is 1. The largest absolute Gasteiger partial charge is 0.497 e. The van der Waals surface area contributed by atoms with E-state index in [1.54, 1.807) is 13.4 Å². The lowest BCUT2D eigenvalue weighted by Gasteiger charge is -2.16. The molecule has 0 unspecified atom stereocenters. The number of carbonyl (C=O) groups excluding carboxylic acids is 1. The molecular weight excluding hydrogens is 324 g/mol. The van der Waals surface area contributed by atoms with Crippen LogP contribution >= 0.6 is 11.8 Å². The second-order valence-corrected chi connectivity index (χ2v) is 7.24. The molecule has 0 aliphatic heterocycles. The second-order valence-electron chi connectivity index (χ2n) is 5.94. The van der Waals surface area contributed by atoms with Gasteiger partial charge in [0, 0.05) is 12.1 Å². The number of carbonyl (C=O) groups is 1. The molecule has 1 fully saturated rings. The summed E-state index contributed by atoms with van der Waals surface area (Å²) in [4.78, 5) is 12.4. The molecule has 1 aromatic carbocycles. The van der Waals surface area contributed by atoms with Gasteiger partial charge in [-0.2, -0.15) is 0 Å². The molecule has 1 aliphatic carbocycles. The molecule has 1 amide bonds. The van der Waals surface area contributed by atoms with Crippen LogP contribution in [0.2, 0.25) is 0 Å². The van der Waals surface area contributed by atoms with Crippen LogP contribution in [0.1, 0.15) is 32.6 Å². The zero-order chi connectivity index (χ0) is 16.9. The summed E-state index contributed by atoms with van der Waals surface area (Å²) in [5.74, 6) is 0.830. The standard InChI is InChI=1S/C17H22N4O2S/c1-12(16(22)19-13-6-3-4-7-13)24-17-20-18-11-21(17)14-8-5-9-15(10-14)23-2/h5,8-13H,3-4,6-7H2,1-2H3,(H,19,22)/t12-/m0/s1. The van der Waals surface area contributed by atoms with E-state index in [0.29, 0.717) is 11.2 Å². The summed E-state index contributed by atoms with van der Waals surface area (Å²) >= 11 is 1.41. The molecule has 1 atom stereocenters. The van der Waals surface area contributed by atoms with Gasteiger partial charge >= 0.3 is 0 Å². The third-order valence-corrected chi connectivity index (χ3v) is 5.26. The summed E-state index contributed by atoms with van der Waals surface area (Å²) in [6.07, 6.45) is 6.23. The average Bonchev–Trinajstić information content (AvgIpc) is 3.26. The van der Waals surface area contributed by atoms with Gasteiger partial charge in [-0.25, -0.2) is 0 Å². The van der Waals surface area contributed by atoms with Crippen LogP contribution in [-0.2, 0) is 4.79 Å². The van der Waals surface area contributed by atoms with Crippen molar-refractivity contribution in [3.63, 3.8) is 0 Å². The Labute approximate surface area is 146 Å². The number of nitrogens with one attached hydrogen (secondary N) is 1. The Balaban J connectivity index is 1.69. The van der Waals surface area contributed by atoms with Gasteiger partial charge in [0.25, 0.3) is 0 Å². The quantitative estimate of drug-likeness (QED) is 0.815. The Morgan fingerprint density at radius 3 is 2.96 bits per heavy atom. The maximum Gasteiger partial charge on any atom is 0.233 e. The minimum atomic E-state index is -0.223. The number of thioether (sulfide) groups is 1. The monoisotopic (exact) mass is 346 g/mol. The molecule has 1 heterocycles. The van der Waals surface area contributed by atoms with E-state index >= 15 is 0 Å². The molecule has 1 saturated carbocycles. The number of rotatable bonds is 6. The first kappa shape index (κ1) is 16.8. The molecule has 2 aromatic rings. The van der Waals surface area contributed by atoms with Gasteiger partial charge < -0.3 is 10.1 Å². The molecule has 0 radical (unpaired) electrons. The second kappa shape index (κ2) is 7.70. The number of nitrogens with zero attached hydrogens (tertiary/aromatic N) is 3. The van der Waals surface area contributed by atoms with Crippen LogP contribution in [0.5, 0.6) is 5.75 Å². The molecule has 6 nitrogen and oxygen atoms in total. The summed E-state index contributed by atoms with van der Waals surface area (Å²) < 4.78 is 7.13. The fourth-order valence-electron chi connectivity index (χ4n) is 2.84. The van der Waals surface area contributed by atoms with E-state index in [0.717, 1.165) is 24.3 Å². The topological polar surface area (TPSA) is 69.0 Å². The zero-order valence-corrected chi connectivity index (χ0v) is 14.8. The summed E-state index contributed by atoms with van der Waals surface area (Å²) in [5.41, 5.74) is 0.908. The van der Waals surface area contributed by atoms with Crippen molar-refractivity contribution in [2.24, 2.45) is 0 Å². The number of amides is 1. The lowest BCUT2D eigenvalue weighted by Crippen LogP contribution is -2.37. The Hall–Kier alpha value is -2.02. The van der Waals surface area contributed by atoms with E-state index in [-0.39, 0.29) is 11.2 Å². The average molecular weight is 346 g/mol. The Morgan fingerprint density at radius 2 is 2.21 bits per heavy atom. The van der Waals surface area contributed by atoms with E-state index < -0.39 is 0 Å². The summed E-state index contributed by atoms with van der Waals surface area (Å²) in [5, 5.41) is 11.7. The third-order valence-electron chi connectivity index (χ3n) is 4.20. The molecular formula is C17H22N4O2S. The molecule has 3 rings (SSSR count). The molecule has 24 heavy (non-hydrogen) atoms. The fourth-order valence-corrected chi connectivity index (χ4v) is 3.69. The van der Waals surface area contributed by atoms with Gasteiger partial charge in [-0.1, -0.05) is 30.7 Å². The maximum absolute atomic E-state index is 12.4. The van der Waals surface area contributed by atoms with Gasteiger partial charge in [0.05, 0.1) is 18.0 Å². The molecule has 1 N–H and O–H groups in total. The van der Waals surface area contributed by atoms with Crippen LogP contribution < -0.4 is 10.1 Å². The fraction of sp³-hybridized carbons (Fsp3) is 0.471. The van der Waals surface area contributed by atoms with Gasteiger partial charge in [-0.3, -0.25) is 9.36 Å². The highest BCUT2D eigenvalue weighted by atomic mass is 32.2. The molecule has 1 aromatic heterocycles. The number of hydrogen-bond donors (Lipinski definition) is 1. The van der Waals surface area contributed by atoms with Crippen molar-refractivity contribution >= 4 is 17.7 Å².